The number of hydrogen-bond acceptors (Lipinski definition) is 4. The zero-order valence-electron chi connectivity index (χ0n) is 9.52. The summed E-state index contributed by atoms with van der Waals surface area (Å²) in [5, 5.41) is 7.98. The average molecular weight is 221 g/mol. The molecule has 2 aliphatic rings. The monoisotopic (exact) mass is 221 g/mol. The predicted molar refractivity (Wildman–Crippen MR) is 61.0 cm³/mol. The smallest absolute Gasteiger partial charge is 0.154 e. The molecule has 1 unspecified atom stereocenters. The van der Waals surface area contributed by atoms with Crippen LogP contribution in [0.5, 0.6) is 0 Å². The first-order chi connectivity index (χ1) is 7.84. The van der Waals surface area contributed by atoms with Gasteiger partial charge >= 0.3 is 0 Å². The van der Waals surface area contributed by atoms with E-state index in [-0.39, 0.29) is 6.17 Å². The molecule has 0 radical (unpaired) electrons. The van der Waals surface area contributed by atoms with E-state index in [1.54, 1.807) is 0 Å². The van der Waals surface area contributed by atoms with Gasteiger partial charge in [0.2, 0.25) is 0 Å². The fraction of sp³-hybridized carbons (Fsp3) is 0.818. The Hall–Kier alpha value is -0.940. The molecule has 1 aromatic rings. The highest BCUT2D eigenvalue weighted by Crippen LogP contribution is 2.26. The Kier molecular flexibility index (Phi) is 2.65. The molecule has 0 bridgehead atoms. The van der Waals surface area contributed by atoms with Crippen LogP contribution in [-0.4, -0.2) is 27.9 Å². The van der Waals surface area contributed by atoms with E-state index in [9.17, 15) is 0 Å². The van der Waals surface area contributed by atoms with E-state index in [2.05, 4.69) is 15.4 Å². The van der Waals surface area contributed by atoms with Gasteiger partial charge in [0.05, 0.1) is 0 Å². The van der Waals surface area contributed by atoms with Gasteiger partial charge in [-0.05, 0) is 38.8 Å². The van der Waals surface area contributed by atoms with Gasteiger partial charge in [0.25, 0.3) is 0 Å². The van der Waals surface area contributed by atoms with Gasteiger partial charge in [0.1, 0.15) is 12.0 Å². The molecule has 3 heterocycles. The summed E-state index contributed by atoms with van der Waals surface area (Å²) in [6, 6.07) is 0. The van der Waals surface area contributed by atoms with E-state index in [0.717, 1.165) is 56.8 Å². The number of nitrogens with two attached hydrogens (primary N) is 1. The van der Waals surface area contributed by atoms with E-state index in [4.69, 9.17) is 5.73 Å². The van der Waals surface area contributed by atoms with Gasteiger partial charge in [-0.1, -0.05) is 0 Å². The Morgan fingerprint density at radius 1 is 1.25 bits per heavy atom. The van der Waals surface area contributed by atoms with Gasteiger partial charge in [-0.15, -0.1) is 0 Å². The molecule has 3 rings (SSSR count). The molecule has 88 valence electrons. The second-order valence-electron chi connectivity index (χ2n) is 4.81. The van der Waals surface area contributed by atoms with Crippen LogP contribution in [0.15, 0.2) is 0 Å². The first-order valence-electron chi connectivity index (χ1n) is 6.26. The normalized spacial score (nSPS) is 26.7. The number of rotatable bonds is 1. The number of nitrogens with zero attached hydrogens (tertiary/aromatic N) is 3. The molecule has 3 N–H and O–H groups in total. The van der Waals surface area contributed by atoms with Crippen LogP contribution in [0.3, 0.4) is 0 Å². The molecule has 0 amide bonds. The lowest BCUT2D eigenvalue weighted by Gasteiger charge is -2.20. The number of aromatic nitrogens is 3. The molecule has 0 saturated carbocycles. The SMILES string of the molecule is NC1CCCc2nc(C3CCNCC3)nn21. The van der Waals surface area contributed by atoms with Crippen LogP contribution in [-0.2, 0) is 6.42 Å². The summed E-state index contributed by atoms with van der Waals surface area (Å²) in [7, 11) is 0. The zero-order chi connectivity index (χ0) is 11.0. The van der Waals surface area contributed by atoms with Crippen LogP contribution < -0.4 is 11.1 Å². The highest BCUT2D eigenvalue weighted by molar-refractivity contribution is 5.03. The Morgan fingerprint density at radius 2 is 2.06 bits per heavy atom. The lowest BCUT2D eigenvalue weighted by molar-refractivity contribution is 0.367. The highest BCUT2D eigenvalue weighted by atomic mass is 15.4. The second kappa shape index (κ2) is 4.14. The molecule has 0 spiro atoms. The fourth-order valence-corrected chi connectivity index (χ4v) is 2.65. The molecule has 1 atom stereocenters. The van der Waals surface area contributed by atoms with E-state index < -0.39 is 0 Å². The van der Waals surface area contributed by atoms with Gasteiger partial charge in [0, 0.05) is 12.3 Å². The molecule has 1 fully saturated rings. The number of piperidine rings is 1. The van der Waals surface area contributed by atoms with Crippen molar-refractivity contribution in [3.05, 3.63) is 11.6 Å². The Labute approximate surface area is 95.4 Å². The van der Waals surface area contributed by atoms with Gasteiger partial charge in [0.15, 0.2) is 5.82 Å². The van der Waals surface area contributed by atoms with Crippen molar-refractivity contribution >= 4 is 0 Å². The van der Waals surface area contributed by atoms with Crippen LogP contribution in [0.1, 0.15) is 49.4 Å². The number of hydrogen-bond donors (Lipinski definition) is 2. The molecule has 1 saturated heterocycles. The van der Waals surface area contributed by atoms with Crippen molar-refractivity contribution in [2.75, 3.05) is 13.1 Å². The van der Waals surface area contributed by atoms with Crippen molar-refractivity contribution in [3.8, 4) is 0 Å². The van der Waals surface area contributed by atoms with Crippen LogP contribution in [0, 0.1) is 0 Å². The lowest BCUT2D eigenvalue weighted by atomic mass is 9.98. The third-order valence-corrected chi connectivity index (χ3v) is 3.64. The van der Waals surface area contributed by atoms with Gasteiger partial charge in [-0.25, -0.2) is 9.67 Å². The van der Waals surface area contributed by atoms with Crippen molar-refractivity contribution < 1.29 is 0 Å². The van der Waals surface area contributed by atoms with Crippen LogP contribution in [0.25, 0.3) is 0 Å². The summed E-state index contributed by atoms with van der Waals surface area (Å²) in [6.07, 6.45) is 5.56. The Morgan fingerprint density at radius 3 is 2.81 bits per heavy atom. The fourth-order valence-electron chi connectivity index (χ4n) is 2.65. The third kappa shape index (κ3) is 1.74. The van der Waals surface area contributed by atoms with Crippen molar-refractivity contribution in [1.82, 2.24) is 20.1 Å². The molecule has 16 heavy (non-hydrogen) atoms. The molecular weight excluding hydrogens is 202 g/mol. The molecule has 0 aliphatic carbocycles. The summed E-state index contributed by atoms with van der Waals surface area (Å²) in [5.74, 6) is 2.65. The van der Waals surface area contributed by atoms with Crippen molar-refractivity contribution in [1.29, 1.82) is 0 Å². The molecular formula is C11H19N5. The van der Waals surface area contributed by atoms with Crippen LogP contribution >= 0.6 is 0 Å². The van der Waals surface area contributed by atoms with Crippen LogP contribution in [0.4, 0.5) is 0 Å². The van der Waals surface area contributed by atoms with Crippen molar-refractivity contribution in [2.45, 2.75) is 44.2 Å². The minimum Gasteiger partial charge on any atom is -0.317 e. The van der Waals surface area contributed by atoms with E-state index >= 15 is 0 Å². The van der Waals surface area contributed by atoms with Gasteiger partial charge in [-0.3, -0.25) is 0 Å². The third-order valence-electron chi connectivity index (χ3n) is 3.64. The van der Waals surface area contributed by atoms with E-state index in [0.29, 0.717) is 5.92 Å². The van der Waals surface area contributed by atoms with Crippen molar-refractivity contribution in [2.24, 2.45) is 5.73 Å². The van der Waals surface area contributed by atoms with Crippen LogP contribution in [0.2, 0.25) is 0 Å². The van der Waals surface area contributed by atoms with E-state index in [1.165, 1.54) is 0 Å². The summed E-state index contributed by atoms with van der Waals surface area (Å²) < 4.78 is 1.95. The van der Waals surface area contributed by atoms with Gasteiger partial charge < -0.3 is 11.1 Å². The van der Waals surface area contributed by atoms with E-state index in [1.807, 2.05) is 4.68 Å². The van der Waals surface area contributed by atoms with Crippen molar-refractivity contribution in [3.63, 3.8) is 0 Å². The topological polar surface area (TPSA) is 68.8 Å². The Balaban J connectivity index is 1.85. The minimum absolute atomic E-state index is 0.0479. The zero-order valence-corrected chi connectivity index (χ0v) is 9.52. The number of fused-ring (bicyclic) bond motifs is 1. The quantitative estimate of drug-likeness (QED) is 0.726. The maximum atomic E-state index is 6.04. The first kappa shape index (κ1) is 10.2. The summed E-state index contributed by atoms with van der Waals surface area (Å²) >= 11 is 0. The molecule has 5 nitrogen and oxygen atoms in total. The average Bonchev–Trinajstić information content (AvgIpc) is 2.76. The summed E-state index contributed by atoms with van der Waals surface area (Å²) in [4.78, 5) is 4.67. The minimum atomic E-state index is 0.0479. The second-order valence-corrected chi connectivity index (χ2v) is 4.81. The largest absolute Gasteiger partial charge is 0.317 e. The number of nitrogens with one attached hydrogen (secondary N) is 1. The maximum absolute atomic E-state index is 6.04. The predicted octanol–water partition coefficient (Wildman–Crippen LogP) is 0.539. The first-order valence-corrected chi connectivity index (χ1v) is 6.26. The highest BCUT2D eigenvalue weighted by Gasteiger charge is 2.24. The molecule has 1 aromatic heterocycles. The maximum Gasteiger partial charge on any atom is 0.154 e. The summed E-state index contributed by atoms with van der Waals surface area (Å²) in [5.41, 5.74) is 6.04. The van der Waals surface area contributed by atoms with Gasteiger partial charge in [-0.2, -0.15) is 5.10 Å². The molecule has 5 heteroatoms. The molecule has 0 aromatic carbocycles. The Bertz CT molecular complexity index is 366. The standard InChI is InChI=1S/C11H19N5/c12-9-2-1-3-10-14-11(15-16(9)10)8-4-6-13-7-5-8/h8-9,13H,1-7,12H2. The summed E-state index contributed by atoms with van der Waals surface area (Å²) in [6.45, 7) is 2.17. The lowest BCUT2D eigenvalue weighted by Crippen LogP contribution is -2.27. The number of aryl methyl sites for hydroxylation is 1. The molecule has 2 aliphatic heterocycles.